The van der Waals surface area contributed by atoms with Crippen molar-refractivity contribution in [3.63, 3.8) is 0 Å². The van der Waals surface area contributed by atoms with Gasteiger partial charge in [-0.2, -0.15) is 8.78 Å². The van der Waals surface area contributed by atoms with Gasteiger partial charge in [-0.05, 0) is 30.3 Å². The predicted molar refractivity (Wildman–Crippen MR) is 80.3 cm³/mol. The van der Waals surface area contributed by atoms with Gasteiger partial charge in [0.25, 0.3) is 0 Å². The third-order valence-corrected chi connectivity index (χ3v) is 3.70. The van der Waals surface area contributed by atoms with Gasteiger partial charge in [0.15, 0.2) is 11.0 Å². The molecule has 23 heavy (non-hydrogen) atoms. The summed E-state index contributed by atoms with van der Waals surface area (Å²) in [6.07, 6.45) is 1.91. The van der Waals surface area contributed by atoms with Crippen LogP contribution in [0.1, 0.15) is 5.56 Å². The monoisotopic (exact) mass is 402 g/mol. The second-order valence-corrected chi connectivity index (χ2v) is 5.41. The number of benzene rings is 2. The van der Waals surface area contributed by atoms with Crippen LogP contribution in [0.3, 0.4) is 0 Å². The van der Waals surface area contributed by atoms with Gasteiger partial charge in [-0.15, -0.1) is 0 Å². The van der Waals surface area contributed by atoms with Crippen LogP contribution in [0.25, 0.3) is 11.0 Å². The molecule has 0 spiro atoms. The van der Waals surface area contributed by atoms with Crippen LogP contribution in [0.4, 0.5) is 8.78 Å². The van der Waals surface area contributed by atoms with Crippen LogP contribution < -0.4 is 26.3 Å². The predicted octanol–water partition coefficient (Wildman–Crippen LogP) is 0.773. The number of imidazole rings is 1. The maximum Gasteiger partial charge on any atom is 0.387 e. The summed E-state index contributed by atoms with van der Waals surface area (Å²) in [6, 6.07) is 12.5. The lowest BCUT2D eigenvalue weighted by Crippen LogP contribution is -3.00. The summed E-state index contributed by atoms with van der Waals surface area (Å²) >= 11 is 5.99. The molecule has 0 aliphatic carbocycles. The summed E-state index contributed by atoms with van der Waals surface area (Å²) in [6.45, 7) is -2.47. The van der Waals surface area contributed by atoms with Crippen LogP contribution in [-0.4, -0.2) is 11.2 Å². The van der Waals surface area contributed by atoms with Crippen LogP contribution in [-0.2, 0) is 13.6 Å². The maximum atomic E-state index is 12.5. The standard InChI is InChI=1S/C16H14ClF2N2O.BrH/c1-20-10-21(14-5-3-2-4-13(14)20)9-11-8-12(17)6-7-15(11)22-16(18)19;/h2-8,10,16H,9H2,1H3;1H/q+1;/p-1. The fourth-order valence-electron chi connectivity index (χ4n) is 2.53. The van der Waals surface area contributed by atoms with Gasteiger partial charge in [-0.1, -0.05) is 23.7 Å². The number of fused-ring (bicyclic) bond motifs is 1. The van der Waals surface area contributed by atoms with Gasteiger partial charge in [0.1, 0.15) is 12.3 Å². The normalized spacial score (nSPS) is 10.8. The van der Waals surface area contributed by atoms with E-state index < -0.39 is 6.61 Å². The Morgan fingerprint density at radius 2 is 1.96 bits per heavy atom. The first-order valence-corrected chi connectivity index (χ1v) is 7.09. The highest BCUT2D eigenvalue weighted by molar-refractivity contribution is 6.30. The highest BCUT2D eigenvalue weighted by Crippen LogP contribution is 2.26. The minimum absolute atomic E-state index is 0. The summed E-state index contributed by atoms with van der Waals surface area (Å²) in [7, 11) is 1.94. The van der Waals surface area contributed by atoms with E-state index in [1.807, 2.05) is 46.8 Å². The molecule has 7 heteroatoms. The molecule has 3 rings (SSSR count). The van der Waals surface area contributed by atoms with E-state index in [-0.39, 0.29) is 22.7 Å². The van der Waals surface area contributed by atoms with Gasteiger partial charge in [-0.25, -0.2) is 9.13 Å². The molecule has 0 aliphatic heterocycles. The Labute approximate surface area is 147 Å². The topological polar surface area (TPSA) is 18.0 Å². The number of halogens is 4. The number of nitrogens with zero attached hydrogens (tertiary/aromatic N) is 2. The van der Waals surface area contributed by atoms with Gasteiger partial charge in [0.05, 0.1) is 7.05 Å². The van der Waals surface area contributed by atoms with Crippen LogP contribution in [0, 0.1) is 0 Å². The van der Waals surface area contributed by atoms with Crippen molar-refractivity contribution in [1.82, 2.24) is 4.57 Å². The van der Waals surface area contributed by atoms with Crippen molar-refractivity contribution in [2.24, 2.45) is 7.05 Å². The number of hydrogen-bond acceptors (Lipinski definition) is 1. The minimum atomic E-state index is -2.86. The lowest BCUT2D eigenvalue weighted by atomic mass is 10.2. The Balaban J connectivity index is 0.00000192. The van der Waals surface area contributed by atoms with Gasteiger partial charge >= 0.3 is 6.61 Å². The largest absolute Gasteiger partial charge is 1.00 e. The molecule has 1 aromatic heterocycles. The molecule has 0 saturated carbocycles. The molecule has 3 nitrogen and oxygen atoms in total. The van der Waals surface area contributed by atoms with E-state index in [0.717, 1.165) is 11.0 Å². The molecule has 2 aromatic carbocycles. The molecule has 0 bridgehead atoms. The molecular formula is C16H14BrClF2N2O. The second-order valence-electron chi connectivity index (χ2n) is 4.97. The first-order chi connectivity index (χ1) is 10.5. The zero-order chi connectivity index (χ0) is 15.7. The fraction of sp³-hybridized carbons (Fsp3) is 0.188. The Morgan fingerprint density at radius 3 is 2.70 bits per heavy atom. The SMILES string of the molecule is C[n+]1cn(Cc2cc(Cl)ccc2OC(F)F)c2ccccc21.[Br-]. The molecule has 1 heterocycles. The Morgan fingerprint density at radius 1 is 1.22 bits per heavy atom. The molecule has 0 fully saturated rings. The molecule has 0 saturated heterocycles. The third kappa shape index (κ3) is 3.82. The Hall–Kier alpha value is -1.66. The minimum Gasteiger partial charge on any atom is -1.00 e. The lowest BCUT2D eigenvalue weighted by Gasteiger charge is -2.10. The van der Waals surface area contributed by atoms with Crippen LogP contribution >= 0.6 is 11.6 Å². The first kappa shape index (κ1) is 17.7. The summed E-state index contributed by atoms with van der Waals surface area (Å²) in [5, 5.41) is 0.484. The summed E-state index contributed by atoms with van der Waals surface area (Å²) in [5.41, 5.74) is 2.67. The van der Waals surface area contributed by atoms with E-state index in [4.69, 9.17) is 11.6 Å². The van der Waals surface area contributed by atoms with E-state index in [0.29, 0.717) is 17.1 Å². The van der Waals surface area contributed by atoms with Crippen molar-refractivity contribution < 1.29 is 35.1 Å². The maximum absolute atomic E-state index is 12.5. The number of aryl methyl sites for hydroxylation is 1. The lowest BCUT2D eigenvalue weighted by molar-refractivity contribution is -0.645. The Bertz CT molecular complexity index is 823. The van der Waals surface area contributed by atoms with Crippen molar-refractivity contribution in [3.05, 3.63) is 59.4 Å². The highest BCUT2D eigenvalue weighted by atomic mass is 79.9. The molecule has 0 N–H and O–H groups in total. The number of para-hydroxylation sites is 2. The first-order valence-electron chi connectivity index (χ1n) is 6.71. The Kier molecular flexibility index (Phi) is 5.59. The number of alkyl halides is 2. The molecule has 0 radical (unpaired) electrons. The van der Waals surface area contributed by atoms with Crippen molar-refractivity contribution in [2.75, 3.05) is 0 Å². The third-order valence-electron chi connectivity index (χ3n) is 3.46. The second kappa shape index (κ2) is 7.27. The number of hydrogen-bond donors (Lipinski definition) is 0. The van der Waals surface area contributed by atoms with Crippen molar-refractivity contribution in [2.45, 2.75) is 13.2 Å². The molecule has 0 atom stereocenters. The van der Waals surface area contributed by atoms with Crippen molar-refractivity contribution in [3.8, 4) is 5.75 Å². The average molecular weight is 404 g/mol. The van der Waals surface area contributed by atoms with Gasteiger partial charge in [-0.3, -0.25) is 0 Å². The van der Waals surface area contributed by atoms with Crippen LogP contribution in [0.2, 0.25) is 5.02 Å². The summed E-state index contributed by atoms with van der Waals surface area (Å²) in [4.78, 5) is 0. The van der Waals surface area contributed by atoms with E-state index in [1.54, 1.807) is 6.07 Å². The summed E-state index contributed by atoms with van der Waals surface area (Å²) in [5.74, 6) is 0.139. The molecule has 3 aromatic rings. The molecule has 0 unspecified atom stereocenters. The van der Waals surface area contributed by atoms with E-state index in [9.17, 15) is 8.78 Å². The van der Waals surface area contributed by atoms with E-state index in [1.165, 1.54) is 12.1 Å². The molecular weight excluding hydrogens is 390 g/mol. The van der Waals surface area contributed by atoms with Crippen LogP contribution in [0.5, 0.6) is 5.75 Å². The molecule has 0 amide bonds. The quantitative estimate of drug-likeness (QED) is 0.589. The zero-order valence-electron chi connectivity index (χ0n) is 12.2. The van der Waals surface area contributed by atoms with Crippen molar-refractivity contribution in [1.29, 1.82) is 0 Å². The van der Waals surface area contributed by atoms with E-state index >= 15 is 0 Å². The highest BCUT2D eigenvalue weighted by Gasteiger charge is 2.16. The van der Waals surface area contributed by atoms with Gasteiger partial charge in [0.2, 0.25) is 6.33 Å². The molecule has 122 valence electrons. The number of rotatable bonds is 4. The summed E-state index contributed by atoms with van der Waals surface area (Å²) < 4.78 is 33.6. The average Bonchev–Trinajstić information content (AvgIpc) is 2.79. The van der Waals surface area contributed by atoms with Crippen LogP contribution in [0.15, 0.2) is 48.8 Å². The van der Waals surface area contributed by atoms with Gasteiger partial charge in [0, 0.05) is 10.6 Å². The fourth-order valence-corrected chi connectivity index (χ4v) is 2.73. The smallest absolute Gasteiger partial charge is 0.387 e. The van der Waals surface area contributed by atoms with Gasteiger partial charge < -0.3 is 21.7 Å². The zero-order valence-corrected chi connectivity index (χ0v) is 14.6. The van der Waals surface area contributed by atoms with Crippen molar-refractivity contribution >= 4 is 22.6 Å². The number of aromatic nitrogens is 2. The molecule has 0 aliphatic rings. The van der Waals surface area contributed by atoms with E-state index in [2.05, 4.69) is 4.74 Å². The number of ether oxygens (including phenoxy) is 1.